The molecular weight excluding hydrogens is 413 g/mol. The maximum absolute atomic E-state index is 12.3. The van der Waals surface area contributed by atoms with Crippen LogP contribution in [0.2, 0.25) is 8.67 Å². The Kier molecular flexibility index (Phi) is 5.73. The van der Waals surface area contributed by atoms with Gasteiger partial charge in [-0.25, -0.2) is 13.2 Å². The first-order chi connectivity index (χ1) is 11.6. The van der Waals surface area contributed by atoms with E-state index in [1.54, 1.807) is 0 Å². The van der Waals surface area contributed by atoms with E-state index in [0.29, 0.717) is 6.08 Å². The summed E-state index contributed by atoms with van der Waals surface area (Å²) in [4.78, 5) is 22.2. The Labute approximate surface area is 156 Å². The molecular formula is C14H9Cl2NO6S2. The first kappa shape index (κ1) is 19.3. The normalized spacial score (nSPS) is 12.0. The van der Waals surface area contributed by atoms with Crippen LogP contribution in [0.15, 0.2) is 47.1 Å². The fourth-order valence-corrected chi connectivity index (χ4v) is 4.92. The lowest BCUT2D eigenvalue weighted by atomic mass is 10.1. The monoisotopic (exact) mass is 421 g/mol. The predicted molar refractivity (Wildman–Crippen MR) is 94.3 cm³/mol. The van der Waals surface area contributed by atoms with E-state index in [0.717, 1.165) is 11.3 Å². The van der Waals surface area contributed by atoms with Crippen LogP contribution in [0.5, 0.6) is 0 Å². The van der Waals surface area contributed by atoms with Crippen molar-refractivity contribution in [3.63, 3.8) is 0 Å². The number of halogens is 2. The number of carboxylic acids is 1. The van der Waals surface area contributed by atoms with Gasteiger partial charge in [-0.15, -0.1) is 11.3 Å². The topological polar surface area (TPSA) is 121 Å². The molecule has 1 aromatic carbocycles. The van der Waals surface area contributed by atoms with Gasteiger partial charge in [0.05, 0.1) is 4.34 Å². The van der Waals surface area contributed by atoms with Gasteiger partial charge >= 0.3 is 5.97 Å². The van der Waals surface area contributed by atoms with E-state index in [9.17, 15) is 18.0 Å². The summed E-state index contributed by atoms with van der Waals surface area (Å²) in [5.74, 6) is -3.59. The number of carboxylic acid groups (broad SMARTS) is 1. The van der Waals surface area contributed by atoms with Crippen molar-refractivity contribution in [2.45, 2.75) is 4.90 Å². The number of thiophene rings is 1. The number of hydrogen-bond donors (Lipinski definition) is 3. The number of benzene rings is 1. The van der Waals surface area contributed by atoms with Gasteiger partial charge in [-0.05, 0) is 18.2 Å². The molecule has 0 amide bonds. The third-order valence-corrected chi connectivity index (χ3v) is 5.94. The molecule has 7 nitrogen and oxygen atoms in total. The molecule has 0 radical (unpaired) electrons. The van der Waals surface area contributed by atoms with Crippen molar-refractivity contribution < 1.29 is 28.2 Å². The molecule has 0 aliphatic carbocycles. The molecule has 0 saturated carbocycles. The Morgan fingerprint density at radius 3 is 2.40 bits per heavy atom. The Morgan fingerprint density at radius 2 is 1.84 bits per heavy atom. The third-order valence-electron chi connectivity index (χ3n) is 2.80. The maximum atomic E-state index is 12.3. The number of rotatable bonds is 6. The molecule has 1 heterocycles. The van der Waals surface area contributed by atoms with Gasteiger partial charge in [0.25, 0.3) is 10.0 Å². The van der Waals surface area contributed by atoms with Crippen LogP contribution in [0.4, 0.5) is 5.69 Å². The number of carbonyl (C=O) groups excluding carboxylic acids is 1. The van der Waals surface area contributed by atoms with Crippen molar-refractivity contribution in [3.05, 3.63) is 56.4 Å². The molecule has 0 unspecified atom stereocenters. The minimum absolute atomic E-state index is 0.0148. The highest BCUT2D eigenvalue weighted by Gasteiger charge is 2.21. The second kappa shape index (κ2) is 7.44. The van der Waals surface area contributed by atoms with Gasteiger partial charge in [0.2, 0.25) is 5.76 Å². The van der Waals surface area contributed by atoms with Crippen molar-refractivity contribution in [2.75, 3.05) is 4.72 Å². The van der Waals surface area contributed by atoms with Crippen molar-refractivity contribution in [1.82, 2.24) is 0 Å². The lowest BCUT2D eigenvalue weighted by molar-refractivity contribution is -0.135. The maximum Gasteiger partial charge on any atom is 0.371 e. The van der Waals surface area contributed by atoms with E-state index >= 15 is 0 Å². The highest BCUT2D eigenvalue weighted by molar-refractivity contribution is 7.93. The Morgan fingerprint density at radius 1 is 1.16 bits per heavy atom. The van der Waals surface area contributed by atoms with Crippen LogP contribution >= 0.6 is 34.5 Å². The van der Waals surface area contributed by atoms with E-state index < -0.39 is 27.5 Å². The van der Waals surface area contributed by atoms with Gasteiger partial charge < -0.3 is 10.2 Å². The smallest absolute Gasteiger partial charge is 0.371 e. The molecule has 0 aliphatic rings. The molecule has 0 spiro atoms. The summed E-state index contributed by atoms with van der Waals surface area (Å²) in [6.45, 7) is 0. The molecule has 2 aromatic rings. The molecule has 0 saturated heterocycles. The minimum Gasteiger partial charge on any atom is -0.502 e. The molecule has 132 valence electrons. The standard InChI is InChI=1S/C14H9Cl2NO6S2/c15-12-6-11(13(16)24-12)25(22,23)17-8-3-1-2-7(4-8)9(18)5-10(19)14(20)21/h1-6,17,19H,(H,20,21)/b10-5+. The summed E-state index contributed by atoms with van der Waals surface area (Å²) in [6.07, 6.45) is 0.519. The molecule has 2 rings (SSSR count). The van der Waals surface area contributed by atoms with E-state index in [1.807, 2.05) is 0 Å². The molecule has 11 heteroatoms. The molecule has 0 atom stereocenters. The average Bonchev–Trinajstić information content (AvgIpc) is 2.86. The summed E-state index contributed by atoms with van der Waals surface area (Å²) in [5, 5.41) is 17.7. The first-order valence-electron chi connectivity index (χ1n) is 6.36. The number of carbonyl (C=O) groups is 2. The highest BCUT2D eigenvalue weighted by atomic mass is 35.5. The first-order valence-corrected chi connectivity index (χ1v) is 9.41. The lowest BCUT2D eigenvalue weighted by Crippen LogP contribution is -2.13. The summed E-state index contributed by atoms with van der Waals surface area (Å²) >= 11 is 12.5. The van der Waals surface area contributed by atoms with Crippen LogP contribution in [-0.2, 0) is 14.8 Å². The van der Waals surface area contributed by atoms with Gasteiger partial charge in [-0.3, -0.25) is 9.52 Å². The summed E-state index contributed by atoms with van der Waals surface area (Å²) in [5.41, 5.74) is 0.0231. The van der Waals surface area contributed by atoms with Crippen LogP contribution in [-0.4, -0.2) is 30.4 Å². The van der Waals surface area contributed by atoms with Crippen molar-refractivity contribution in [3.8, 4) is 0 Å². The van der Waals surface area contributed by atoms with Crippen molar-refractivity contribution >= 4 is 62.0 Å². The summed E-state index contributed by atoms with van der Waals surface area (Å²) < 4.78 is 27.1. The van der Waals surface area contributed by atoms with E-state index in [2.05, 4.69) is 4.72 Å². The fraction of sp³-hybridized carbons (Fsp3) is 0. The molecule has 1 aromatic heterocycles. The SMILES string of the molecule is O=C(O)/C(O)=C\C(=O)c1cccc(NS(=O)(=O)c2cc(Cl)sc2Cl)c1. The number of aliphatic carboxylic acids is 1. The second-order valence-corrected chi connectivity index (χ2v) is 8.51. The average molecular weight is 422 g/mol. The number of allylic oxidation sites excluding steroid dienone is 1. The van der Waals surface area contributed by atoms with Crippen LogP contribution in [0.25, 0.3) is 0 Å². The van der Waals surface area contributed by atoms with Crippen LogP contribution in [0, 0.1) is 0 Å². The quantitative estimate of drug-likeness (QED) is 0.372. The van der Waals surface area contributed by atoms with Gasteiger partial charge in [-0.1, -0.05) is 35.3 Å². The highest BCUT2D eigenvalue weighted by Crippen LogP contribution is 2.35. The fourth-order valence-electron chi connectivity index (χ4n) is 1.72. The van der Waals surface area contributed by atoms with E-state index in [-0.39, 0.29) is 24.8 Å². The Bertz CT molecular complexity index is 981. The number of nitrogens with one attached hydrogen (secondary N) is 1. The number of sulfonamides is 1. The van der Waals surface area contributed by atoms with Crippen LogP contribution in [0.3, 0.4) is 0 Å². The molecule has 25 heavy (non-hydrogen) atoms. The van der Waals surface area contributed by atoms with Gasteiger partial charge in [-0.2, -0.15) is 0 Å². The van der Waals surface area contributed by atoms with Crippen molar-refractivity contribution in [1.29, 1.82) is 0 Å². The molecule has 3 N–H and O–H groups in total. The number of hydrogen-bond acceptors (Lipinski definition) is 6. The largest absolute Gasteiger partial charge is 0.502 e. The zero-order chi connectivity index (χ0) is 18.8. The zero-order valence-electron chi connectivity index (χ0n) is 12.1. The van der Waals surface area contributed by atoms with Gasteiger partial charge in [0.1, 0.15) is 9.23 Å². The molecule has 0 fully saturated rings. The number of aliphatic hydroxyl groups is 1. The predicted octanol–water partition coefficient (Wildman–Crippen LogP) is 3.56. The van der Waals surface area contributed by atoms with Gasteiger partial charge in [0.15, 0.2) is 5.78 Å². The zero-order valence-corrected chi connectivity index (χ0v) is 15.2. The van der Waals surface area contributed by atoms with Gasteiger partial charge in [0, 0.05) is 17.3 Å². The van der Waals surface area contributed by atoms with E-state index in [4.69, 9.17) is 33.4 Å². The minimum atomic E-state index is -4.03. The number of aliphatic hydroxyl groups excluding tert-OH is 1. The second-order valence-electron chi connectivity index (χ2n) is 4.57. The lowest BCUT2D eigenvalue weighted by Gasteiger charge is -2.08. The Hall–Kier alpha value is -2.07. The number of anilines is 1. The van der Waals surface area contributed by atoms with Crippen LogP contribution < -0.4 is 4.72 Å². The summed E-state index contributed by atoms with van der Waals surface area (Å²) in [6, 6.07) is 6.49. The Balaban J connectivity index is 2.30. The molecule has 0 aliphatic heterocycles. The number of ketones is 1. The third kappa shape index (κ3) is 4.73. The van der Waals surface area contributed by atoms with Crippen molar-refractivity contribution in [2.24, 2.45) is 0 Å². The van der Waals surface area contributed by atoms with Crippen LogP contribution in [0.1, 0.15) is 10.4 Å². The summed E-state index contributed by atoms with van der Waals surface area (Å²) in [7, 11) is -4.03. The molecule has 0 bridgehead atoms. The van der Waals surface area contributed by atoms with E-state index in [1.165, 1.54) is 30.3 Å².